The molecule has 7 aromatic rings. The van der Waals surface area contributed by atoms with Crippen molar-refractivity contribution in [3.8, 4) is 33.4 Å². The van der Waals surface area contributed by atoms with Crippen LogP contribution in [0.5, 0.6) is 0 Å². The predicted molar refractivity (Wildman–Crippen MR) is 232 cm³/mol. The molecule has 0 atom stereocenters. The molecule has 0 aliphatic carbocycles. The number of rotatable bonds is 15. The molecule has 270 valence electrons. The highest BCUT2D eigenvalue weighted by molar-refractivity contribution is 5.82. The molecule has 3 heteroatoms. The smallest absolute Gasteiger partial charge is 0.0403 e. The summed E-state index contributed by atoms with van der Waals surface area (Å²) in [6.07, 6.45) is 3.11. The second-order valence-corrected chi connectivity index (χ2v) is 14.0. The molecular formula is C51H51N3. The molecule has 0 aromatic heterocycles. The first-order valence-electron chi connectivity index (χ1n) is 19.5. The van der Waals surface area contributed by atoms with Crippen LogP contribution in [-0.4, -0.2) is 0 Å². The van der Waals surface area contributed by atoms with Gasteiger partial charge in [-0.05, 0) is 141 Å². The van der Waals surface area contributed by atoms with Crippen molar-refractivity contribution in [1.82, 2.24) is 0 Å². The van der Waals surface area contributed by atoms with Crippen molar-refractivity contribution in [2.24, 2.45) is 0 Å². The van der Waals surface area contributed by atoms with E-state index >= 15 is 0 Å². The van der Waals surface area contributed by atoms with Gasteiger partial charge in [-0.3, -0.25) is 0 Å². The molecule has 0 unspecified atom stereocenters. The summed E-state index contributed by atoms with van der Waals surface area (Å²) in [6, 6.07) is 59.6. The topological polar surface area (TPSA) is 36.1 Å². The quantitative estimate of drug-likeness (QED) is 0.0994. The highest BCUT2D eigenvalue weighted by Gasteiger charge is 2.10. The van der Waals surface area contributed by atoms with E-state index in [9.17, 15) is 0 Å². The summed E-state index contributed by atoms with van der Waals surface area (Å²) in [6.45, 7) is 9.09. The van der Waals surface area contributed by atoms with Gasteiger partial charge in [0.05, 0.1) is 0 Å². The maximum absolute atomic E-state index is 3.64. The lowest BCUT2D eigenvalue weighted by Crippen LogP contribution is -2.02. The van der Waals surface area contributed by atoms with Crippen LogP contribution in [0.2, 0.25) is 0 Å². The Kier molecular flexibility index (Phi) is 11.9. The Bertz CT molecular complexity index is 2000. The fourth-order valence-electron chi connectivity index (χ4n) is 7.29. The van der Waals surface area contributed by atoms with Crippen LogP contribution in [0.1, 0.15) is 54.2 Å². The van der Waals surface area contributed by atoms with Gasteiger partial charge in [0.25, 0.3) is 0 Å². The number of hydrogen-bond acceptors (Lipinski definition) is 3. The van der Waals surface area contributed by atoms with Crippen molar-refractivity contribution in [2.45, 2.75) is 59.7 Å². The fourth-order valence-corrected chi connectivity index (χ4v) is 7.29. The molecule has 0 bridgehead atoms. The largest absolute Gasteiger partial charge is 0.381 e. The third kappa shape index (κ3) is 8.93. The lowest BCUT2D eigenvalue weighted by Gasteiger charge is -2.14. The van der Waals surface area contributed by atoms with E-state index in [4.69, 9.17) is 0 Å². The Morgan fingerprint density at radius 3 is 0.759 bits per heavy atom. The fraction of sp³-hybridized carbons (Fsp3) is 0.176. The Balaban J connectivity index is 1.14. The zero-order chi connectivity index (χ0) is 37.1. The van der Waals surface area contributed by atoms with Crippen LogP contribution >= 0.6 is 0 Å². The average Bonchev–Trinajstić information content (AvgIpc) is 3.24. The Labute approximate surface area is 322 Å². The molecule has 0 aliphatic heterocycles. The van der Waals surface area contributed by atoms with E-state index in [0.29, 0.717) is 0 Å². The van der Waals surface area contributed by atoms with Crippen LogP contribution in [0.25, 0.3) is 33.4 Å². The summed E-state index contributed by atoms with van der Waals surface area (Å²) in [5.41, 5.74) is 18.7. The minimum absolute atomic E-state index is 0.814. The monoisotopic (exact) mass is 705 g/mol. The number of nitrogens with one attached hydrogen (secondary N) is 3. The number of aryl methyl sites for hydroxylation is 3. The van der Waals surface area contributed by atoms with Gasteiger partial charge in [0, 0.05) is 36.7 Å². The van der Waals surface area contributed by atoms with Crippen molar-refractivity contribution in [3.05, 3.63) is 197 Å². The second-order valence-electron chi connectivity index (χ2n) is 14.0. The molecule has 3 N–H and O–H groups in total. The molecular weight excluding hydrogens is 655 g/mol. The molecule has 0 radical (unpaired) electrons. The lowest BCUT2D eigenvalue weighted by molar-refractivity contribution is 1.04. The molecule has 0 saturated heterocycles. The zero-order valence-corrected chi connectivity index (χ0v) is 31.8. The van der Waals surface area contributed by atoms with Crippen molar-refractivity contribution in [1.29, 1.82) is 0 Å². The molecule has 0 fully saturated rings. The van der Waals surface area contributed by atoms with Gasteiger partial charge in [0.1, 0.15) is 0 Å². The highest BCUT2D eigenvalue weighted by atomic mass is 14.9. The van der Waals surface area contributed by atoms with Crippen molar-refractivity contribution in [2.75, 3.05) is 16.0 Å². The zero-order valence-electron chi connectivity index (χ0n) is 31.8. The SMILES string of the molecule is CCc1ccccc1CNc1ccc(-c2cc(-c3ccc(NCc4ccccc4CC)cc3)cc(-c3ccc(NCc4ccccc4CC)cc3)c2)cc1. The van der Waals surface area contributed by atoms with E-state index in [1.54, 1.807) is 0 Å². The van der Waals surface area contributed by atoms with E-state index in [0.717, 1.165) is 56.0 Å². The van der Waals surface area contributed by atoms with Crippen LogP contribution in [0.3, 0.4) is 0 Å². The van der Waals surface area contributed by atoms with Gasteiger partial charge in [0.2, 0.25) is 0 Å². The first kappa shape index (κ1) is 36.3. The molecule has 7 aromatic carbocycles. The second kappa shape index (κ2) is 17.6. The van der Waals surface area contributed by atoms with Crippen LogP contribution in [0.15, 0.2) is 164 Å². The Hall–Kier alpha value is -6.06. The summed E-state index contributed by atoms with van der Waals surface area (Å²) in [4.78, 5) is 0. The van der Waals surface area contributed by atoms with Crippen molar-refractivity contribution in [3.63, 3.8) is 0 Å². The summed E-state index contributed by atoms with van der Waals surface area (Å²) in [5, 5.41) is 10.9. The van der Waals surface area contributed by atoms with Gasteiger partial charge in [-0.25, -0.2) is 0 Å². The van der Waals surface area contributed by atoms with Crippen molar-refractivity contribution >= 4 is 17.1 Å². The van der Waals surface area contributed by atoms with Gasteiger partial charge in [0.15, 0.2) is 0 Å². The molecule has 3 nitrogen and oxygen atoms in total. The maximum Gasteiger partial charge on any atom is 0.0403 e. The van der Waals surface area contributed by atoms with Crippen LogP contribution < -0.4 is 16.0 Å². The Morgan fingerprint density at radius 1 is 0.278 bits per heavy atom. The summed E-state index contributed by atoms with van der Waals surface area (Å²) >= 11 is 0. The Morgan fingerprint density at radius 2 is 0.519 bits per heavy atom. The number of hydrogen-bond donors (Lipinski definition) is 3. The third-order valence-corrected chi connectivity index (χ3v) is 10.5. The molecule has 0 aliphatic rings. The standard InChI is InChI=1S/C51H51N3/c1-4-37-13-7-10-16-43(37)34-52-49-25-19-40(20-26-49)46-31-47(41-21-27-50(28-22-41)53-35-44-17-11-8-14-38(44)5-2)33-48(32-46)42-23-29-51(30-24-42)54-36-45-18-12-9-15-39(45)6-3/h7-33,52-54H,4-6,34-36H2,1-3H3. The van der Waals surface area contributed by atoms with E-state index < -0.39 is 0 Å². The molecule has 0 amide bonds. The van der Waals surface area contributed by atoms with Gasteiger partial charge in [-0.2, -0.15) is 0 Å². The minimum Gasteiger partial charge on any atom is -0.381 e. The van der Waals surface area contributed by atoms with Gasteiger partial charge in [-0.1, -0.05) is 130 Å². The van der Waals surface area contributed by atoms with E-state index in [1.807, 2.05) is 0 Å². The normalized spacial score (nSPS) is 10.9. The molecule has 0 saturated carbocycles. The lowest BCUT2D eigenvalue weighted by atomic mass is 9.93. The third-order valence-electron chi connectivity index (χ3n) is 10.5. The summed E-state index contributed by atoms with van der Waals surface area (Å²) in [5.74, 6) is 0. The minimum atomic E-state index is 0.814. The van der Waals surface area contributed by atoms with E-state index in [-0.39, 0.29) is 0 Å². The maximum atomic E-state index is 3.64. The van der Waals surface area contributed by atoms with Crippen LogP contribution in [0, 0.1) is 0 Å². The molecule has 7 rings (SSSR count). The first-order chi connectivity index (χ1) is 26.6. The summed E-state index contributed by atoms with van der Waals surface area (Å²) in [7, 11) is 0. The van der Waals surface area contributed by atoms with Crippen LogP contribution in [-0.2, 0) is 38.9 Å². The number of anilines is 3. The first-order valence-corrected chi connectivity index (χ1v) is 19.5. The molecule has 0 spiro atoms. The van der Waals surface area contributed by atoms with Gasteiger partial charge < -0.3 is 16.0 Å². The summed E-state index contributed by atoms with van der Waals surface area (Å²) < 4.78 is 0. The van der Waals surface area contributed by atoms with E-state index in [1.165, 1.54) is 66.8 Å². The van der Waals surface area contributed by atoms with Crippen molar-refractivity contribution < 1.29 is 0 Å². The van der Waals surface area contributed by atoms with Gasteiger partial charge in [-0.15, -0.1) is 0 Å². The average molecular weight is 706 g/mol. The highest BCUT2D eigenvalue weighted by Crippen LogP contribution is 2.34. The number of benzene rings is 7. The molecule has 54 heavy (non-hydrogen) atoms. The molecule has 0 heterocycles. The van der Waals surface area contributed by atoms with Crippen LogP contribution in [0.4, 0.5) is 17.1 Å². The van der Waals surface area contributed by atoms with Gasteiger partial charge >= 0.3 is 0 Å². The van der Waals surface area contributed by atoms with E-state index in [2.05, 4.69) is 201 Å². The predicted octanol–water partition coefficient (Wildman–Crippen LogP) is 13.2.